The summed E-state index contributed by atoms with van der Waals surface area (Å²) in [6.07, 6.45) is 1.84. The maximum atomic E-state index is 14.3. The number of nitrogens with one attached hydrogen (secondary N) is 1. The van der Waals surface area contributed by atoms with Crippen molar-refractivity contribution >= 4 is 21.6 Å². The fourth-order valence-electron chi connectivity index (χ4n) is 3.81. The summed E-state index contributed by atoms with van der Waals surface area (Å²) in [4.78, 5) is 12.5. The van der Waals surface area contributed by atoms with Gasteiger partial charge in [0.25, 0.3) is 5.91 Å². The summed E-state index contributed by atoms with van der Waals surface area (Å²) in [5.74, 6) is -0.929. The molecule has 1 fully saturated rings. The summed E-state index contributed by atoms with van der Waals surface area (Å²) in [7, 11) is -3.80. The van der Waals surface area contributed by atoms with Gasteiger partial charge in [-0.3, -0.25) is 4.79 Å². The quantitative estimate of drug-likeness (QED) is 0.787. The molecule has 1 aliphatic rings. The lowest BCUT2D eigenvalue weighted by Gasteiger charge is -2.34. The van der Waals surface area contributed by atoms with E-state index in [-0.39, 0.29) is 22.3 Å². The van der Waals surface area contributed by atoms with Gasteiger partial charge in [0.15, 0.2) is 0 Å². The van der Waals surface area contributed by atoms with Crippen LogP contribution in [-0.4, -0.2) is 31.7 Å². The Bertz CT molecular complexity index is 980. The highest BCUT2D eigenvalue weighted by Gasteiger charge is 2.32. The zero-order valence-corrected chi connectivity index (χ0v) is 17.8. The number of carbonyl (C=O) groups is 1. The molecule has 2 aromatic carbocycles. The molecule has 29 heavy (non-hydrogen) atoms. The molecule has 0 bridgehead atoms. The molecule has 5 nitrogen and oxygen atoms in total. The molecule has 1 N–H and O–H groups in total. The number of sulfonamides is 1. The third-order valence-electron chi connectivity index (χ3n) is 5.28. The van der Waals surface area contributed by atoms with Crippen LogP contribution < -0.4 is 5.32 Å². The first-order chi connectivity index (χ1) is 13.7. The molecular weight excluding hydrogens is 391 g/mol. The van der Waals surface area contributed by atoms with Crippen LogP contribution in [0.1, 0.15) is 43.1 Å². The Balaban J connectivity index is 1.85. The van der Waals surface area contributed by atoms with Gasteiger partial charge in [-0.1, -0.05) is 32.9 Å². The Morgan fingerprint density at radius 3 is 2.31 bits per heavy atom. The lowest BCUT2D eigenvalue weighted by molar-refractivity contribution is 0.102. The lowest BCUT2D eigenvalue weighted by Crippen LogP contribution is -2.42. The topological polar surface area (TPSA) is 66.5 Å². The summed E-state index contributed by atoms with van der Waals surface area (Å²) in [6, 6.07) is 10.6. The Kier molecular flexibility index (Phi) is 6.39. The van der Waals surface area contributed by atoms with Crippen LogP contribution in [0.25, 0.3) is 0 Å². The van der Waals surface area contributed by atoms with Crippen LogP contribution in [0, 0.1) is 17.7 Å². The van der Waals surface area contributed by atoms with Crippen LogP contribution in [0.2, 0.25) is 0 Å². The van der Waals surface area contributed by atoms with E-state index >= 15 is 0 Å². The lowest BCUT2D eigenvalue weighted by atomic mass is 9.94. The smallest absolute Gasteiger partial charge is 0.258 e. The fourth-order valence-corrected chi connectivity index (χ4v) is 5.52. The highest BCUT2D eigenvalue weighted by atomic mass is 32.2. The van der Waals surface area contributed by atoms with E-state index < -0.39 is 21.7 Å². The molecule has 0 aliphatic carbocycles. The van der Waals surface area contributed by atoms with Gasteiger partial charge in [0.2, 0.25) is 10.0 Å². The van der Waals surface area contributed by atoms with E-state index in [1.165, 1.54) is 10.4 Å². The predicted molar refractivity (Wildman–Crippen MR) is 112 cm³/mol. The average Bonchev–Trinajstić information content (AvgIpc) is 2.68. The Morgan fingerprint density at radius 1 is 1.10 bits per heavy atom. The normalized spacial score (nSPS) is 20.4. The molecule has 0 radical (unpaired) electrons. The number of hydrogen-bond donors (Lipinski definition) is 1. The first kappa shape index (κ1) is 21.5. The molecular formula is C22H27FN2O3S. The van der Waals surface area contributed by atoms with Crippen molar-refractivity contribution in [3.8, 4) is 0 Å². The van der Waals surface area contributed by atoms with Gasteiger partial charge in [0.05, 0.1) is 10.5 Å². The van der Waals surface area contributed by atoms with Gasteiger partial charge in [-0.25, -0.2) is 12.8 Å². The largest absolute Gasteiger partial charge is 0.322 e. The van der Waals surface area contributed by atoms with Gasteiger partial charge in [0, 0.05) is 18.8 Å². The van der Waals surface area contributed by atoms with E-state index in [4.69, 9.17) is 0 Å². The van der Waals surface area contributed by atoms with Crippen LogP contribution >= 0.6 is 0 Å². The van der Waals surface area contributed by atoms with Crippen LogP contribution in [0.5, 0.6) is 0 Å². The SMILES string of the molecule is CCc1ccc(NC(=O)c2cc(S(=O)(=O)N3C[C@@H](C)C[C@H](C)C3)ccc2F)cc1. The molecule has 0 aromatic heterocycles. The van der Waals surface area contributed by atoms with Crippen molar-refractivity contribution in [2.75, 3.05) is 18.4 Å². The highest BCUT2D eigenvalue weighted by Crippen LogP contribution is 2.27. The summed E-state index contributed by atoms with van der Waals surface area (Å²) in [5.41, 5.74) is 1.36. The zero-order valence-electron chi connectivity index (χ0n) is 17.0. The van der Waals surface area contributed by atoms with Crippen LogP contribution in [0.15, 0.2) is 47.4 Å². The van der Waals surface area contributed by atoms with E-state index in [1.54, 1.807) is 12.1 Å². The van der Waals surface area contributed by atoms with Crippen molar-refractivity contribution in [1.29, 1.82) is 0 Å². The average molecular weight is 419 g/mol. The Labute approximate surface area is 172 Å². The molecule has 2 aromatic rings. The molecule has 7 heteroatoms. The van der Waals surface area contributed by atoms with E-state index in [9.17, 15) is 17.6 Å². The van der Waals surface area contributed by atoms with Gasteiger partial charge < -0.3 is 5.32 Å². The van der Waals surface area contributed by atoms with Crippen molar-refractivity contribution in [3.05, 3.63) is 59.4 Å². The first-order valence-electron chi connectivity index (χ1n) is 9.90. The third-order valence-corrected chi connectivity index (χ3v) is 7.10. The van der Waals surface area contributed by atoms with E-state index in [0.29, 0.717) is 18.8 Å². The third kappa shape index (κ3) is 4.85. The highest BCUT2D eigenvalue weighted by molar-refractivity contribution is 7.89. The molecule has 0 unspecified atom stereocenters. The number of piperidine rings is 1. The van der Waals surface area contributed by atoms with Gasteiger partial charge in [-0.05, 0) is 60.6 Å². The minimum atomic E-state index is -3.80. The van der Waals surface area contributed by atoms with E-state index in [2.05, 4.69) is 5.32 Å². The van der Waals surface area contributed by atoms with E-state index in [1.807, 2.05) is 32.9 Å². The number of nitrogens with zero attached hydrogens (tertiary/aromatic N) is 1. The van der Waals surface area contributed by atoms with Crippen LogP contribution in [-0.2, 0) is 16.4 Å². The van der Waals surface area contributed by atoms with Gasteiger partial charge in [-0.2, -0.15) is 4.31 Å². The summed E-state index contributed by atoms with van der Waals surface area (Å²) < 4.78 is 41.9. The first-order valence-corrected chi connectivity index (χ1v) is 11.3. The van der Waals surface area contributed by atoms with Crippen molar-refractivity contribution in [1.82, 2.24) is 4.31 Å². The monoisotopic (exact) mass is 418 g/mol. The summed E-state index contributed by atoms with van der Waals surface area (Å²) >= 11 is 0. The van der Waals surface area contributed by atoms with Crippen LogP contribution in [0.4, 0.5) is 10.1 Å². The number of amides is 1. The van der Waals surface area contributed by atoms with Gasteiger partial charge in [0.1, 0.15) is 5.82 Å². The molecule has 0 saturated carbocycles. The minimum absolute atomic E-state index is 0.0633. The zero-order chi connectivity index (χ0) is 21.2. The molecule has 1 aliphatic heterocycles. The maximum Gasteiger partial charge on any atom is 0.258 e. The Morgan fingerprint density at radius 2 is 1.72 bits per heavy atom. The number of hydrogen-bond acceptors (Lipinski definition) is 3. The predicted octanol–water partition coefficient (Wildman–Crippen LogP) is 4.31. The number of halogens is 1. The van der Waals surface area contributed by atoms with Crippen LogP contribution in [0.3, 0.4) is 0 Å². The summed E-state index contributed by atoms with van der Waals surface area (Å²) in [5, 5.41) is 2.64. The van der Waals surface area contributed by atoms with Crippen molar-refractivity contribution in [3.63, 3.8) is 0 Å². The van der Waals surface area contributed by atoms with Crippen molar-refractivity contribution in [2.45, 2.75) is 38.5 Å². The molecule has 1 heterocycles. The molecule has 156 valence electrons. The molecule has 1 amide bonds. The number of anilines is 1. The molecule has 1 saturated heterocycles. The number of benzene rings is 2. The van der Waals surface area contributed by atoms with E-state index in [0.717, 1.165) is 30.5 Å². The Hall–Kier alpha value is -2.25. The number of rotatable bonds is 5. The molecule has 2 atom stereocenters. The maximum absolute atomic E-state index is 14.3. The standard InChI is InChI=1S/C22H27FN2O3S/c1-4-17-5-7-18(8-6-17)24-22(26)20-12-19(9-10-21(20)23)29(27,28)25-13-15(2)11-16(3)14-25/h5-10,12,15-16H,4,11,13-14H2,1-3H3,(H,24,26)/t15-,16-/m0/s1. The fraction of sp³-hybridized carbons (Fsp3) is 0.409. The summed E-state index contributed by atoms with van der Waals surface area (Å²) in [6.45, 7) is 6.92. The van der Waals surface area contributed by atoms with Gasteiger partial charge >= 0.3 is 0 Å². The second kappa shape index (κ2) is 8.63. The number of carbonyl (C=O) groups excluding carboxylic acids is 1. The number of aryl methyl sites for hydroxylation is 1. The van der Waals surface area contributed by atoms with Crippen molar-refractivity contribution < 1.29 is 17.6 Å². The minimum Gasteiger partial charge on any atom is -0.322 e. The van der Waals surface area contributed by atoms with Gasteiger partial charge in [-0.15, -0.1) is 0 Å². The molecule has 3 rings (SSSR count). The molecule has 0 spiro atoms. The second-order valence-electron chi connectivity index (χ2n) is 7.91. The second-order valence-corrected chi connectivity index (χ2v) is 9.85. The van der Waals surface area contributed by atoms with Crippen molar-refractivity contribution in [2.24, 2.45) is 11.8 Å².